The number of aryl methyl sites for hydroxylation is 1. The molecule has 3 atom stereocenters. The van der Waals surface area contributed by atoms with Gasteiger partial charge in [-0.05, 0) is 24.8 Å². The minimum atomic E-state index is -0.00455. The molecule has 4 rings (SSSR count). The molecule has 2 fully saturated rings. The van der Waals surface area contributed by atoms with Crippen molar-refractivity contribution in [1.82, 2.24) is 15.0 Å². The van der Waals surface area contributed by atoms with E-state index in [2.05, 4.69) is 32.6 Å². The molecule has 5 nitrogen and oxygen atoms in total. The van der Waals surface area contributed by atoms with Crippen molar-refractivity contribution in [3.05, 3.63) is 34.1 Å². The molecule has 0 bridgehead atoms. The summed E-state index contributed by atoms with van der Waals surface area (Å²) in [4.78, 5) is 8.19. The summed E-state index contributed by atoms with van der Waals surface area (Å²) in [6.45, 7) is 4.99. The maximum atomic E-state index is 6.10. The van der Waals surface area contributed by atoms with Gasteiger partial charge in [0, 0.05) is 30.4 Å². The number of hydrogen-bond acceptors (Lipinski definition) is 6. The van der Waals surface area contributed by atoms with Gasteiger partial charge >= 0.3 is 0 Å². The SMILES string of the molecule is Cc1noc([C@@H]2C[C@H]3CN(Cc4cccs4)C[C@H]3O2)n1. The lowest BCUT2D eigenvalue weighted by atomic mass is 10.0. The van der Waals surface area contributed by atoms with E-state index in [-0.39, 0.29) is 6.10 Å². The summed E-state index contributed by atoms with van der Waals surface area (Å²) in [7, 11) is 0. The van der Waals surface area contributed by atoms with Gasteiger partial charge in [-0.1, -0.05) is 11.2 Å². The molecule has 0 unspecified atom stereocenters. The monoisotopic (exact) mass is 291 g/mol. The van der Waals surface area contributed by atoms with Crippen LogP contribution in [0.25, 0.3) is 0 Å². The summed E-state index contributed by atoms with van der Waals surface area (Å²) in [5.74, 6) is 1.91. The van der Waals surface area contributed by atoms with Crippen molar-refractivity contribution in [1.29, 1.82) is 0 Å². The molecule has 20 heavy (non-hydrogen) atoms. The third-order valence-corrected chi connectivity index (χ3v) is 4.95. The van der Waals surface area contributed by atoms with Crippen LogP contribution in [-0.4, -0.2) is 34.2 Å². The first-order valence-corrected chi connectivity index (χ1v) is 7.86. The Labute approximate surface area is 121 Å². The summed E-state index contributed by atoms with van der Waals surface area (Å²) in [6, 6.07) is 4.31. The molecule has 4 heterocycles. The van der Waals surface area contributed by atoms with E-state index in [1.165, 1.54) is 4.88 Å². The minimum Gasteiger partial charge on any atom is -0.363 e. The number of aromatic nitrogens is 2. The summed E-state index contributed by atoms with van der Waals surface area (Å²) in [6.07, 6.45) is 1.30. The zero-order valence-corrected chi connectivity index (χ0v) is 12.2. The second-order valence-electron chi connectivity index (χ2n) is 5.61. The highest BCUT2D eigenvalue weighted by atomic mass is 32.1. The first-order valence-electron chi connectivity index (χ1n) is 6.98. The third-order valence-electron chi connectivity index (χ3n) is 4.09. The van der Waals surface area contributed by atoms with Crippen molar-refractivity contribution in [2.24, 2.45) is 5.92 Å². The number of thiophene rings is 1. The quantitative estimate of drug-likeness (QED) is 0.869. The van der Waals surface area contributed by atoms with Crippen LogP contribution in [-0.2, 0) is 11.3 Å². The zero-order chi connectivity index (χ0) is 13.5. The lowest BCUT2D eigenvalue weighted by molar-refractivity contribution is 0.0199. The van der Waals surface area contributed by atoms with Crippen LogP contribution in [0.1, 0.15) is 29.1 Å². The molecule has 2 aromatic heterocycles. The highest BCUT2D eigenvalue weighted by Crippen LogP contribution is 2.40. The van der Waals surface area contributed by atoms with E-state index in [1.807, 2.05) is 18.3 Å². The molecule has 2 aromatic rings. The predicted octanol–water partition coefficient (Wildman–Crippen LogP) is 2.40. The smallest absolute Gasteiger partial charge is 0.255 e. The molecule has 2 aliphatic rings. The van der Waals surface area contributed by atoms with Gasteiger partial charge in [-0.2, -0.15) is 4.98 Å². The molecule has 6 heteroatoms. The van der Waals surface area contributed by atoms with Crippen LogP contribution in [0.15, 0.2) is 22.0 Å². The molecule has 2 saturated heterocycles. The normalized spacial score (nSPS) is 29.9. The van der Waals surface area contributed by atoms with Crippen molar-refractivity contribution in [3.8, 4) is 0 Å². The second kappa shape index (κ2) is 4.95. The Kier molecular flexibility index (Phi) is 3.09. The van der Waals surface area contributed by atoms with Gasteiger partial charge in [0.1, 0.15) is 6.10 Å². The van der Waals surface area contributed by atoms with Crippen molar-refractivity contribution >= 4 is 11.3 Å². The molecule has 0 saturated carbocycles. The largest absolute Gasteiger partial charge is 0.363 e. The van der Waals surface area contributed by atoms with Gasteiger partial charge in [-0.3, -0.25) is 4.90 Å². The third kappa shape index (κ3) is 2.28. The van der Waals surface area contributed by atoms with Gasteiger partial charge in [0.15, 0.2) is 5.82 Å². The van der Waals surface area contributed by atoms with Crippen LogP contribution in [0.4, 0.5) is 0 Å². The van der Waals surface area contributed by atoms with Crippen LogP contribution in [0, 0.1) is 12.8 Å². The molecule has 2 aliphatic heterocycles. The van der Waals surface area contributed by atoms with Gasteiger partial charge in [0.2, 0.25) is 0 Å². The van der Waals surface area contributed by atoms with E-state index < -0.39 is 0 Å². The number of likely N-dealkylation sites (tertiary alicyclic amines) is 1. The highest BCUT2D eigenvalue weighted by Gasteiger charge is 2.44. The zero-order valence-electron chi connectivity index (χ0n) is 11.4. The Morgan fingerprint density at radius 1 is 1.45 bits per heavy atom. The summed E-state index contributed by atoms with van der Waals surface area (Å²) in [5.41, 5.74) is 0. The molecule has 0 aliphatic carbocycles. The highest BCUT2D eigenvalue weighted by molar-refractivity contribution is 7.09. The van der Waals surface area contributed by atoms with E-state index in [0.29, 0.717) is 23.7 Å². The predicted molar refractivity (Wildman–Crippen MR) is 74.4 cm³/mol. The Balaban J connectivity index is 1.38. The van der Waals surface area contributed by atoms with E-state index >= 15 is 0 Å². The van der Waals surface area contributed by atoms with Gasteiger partial charge < -0.3 is 9.26 Å². The number of rotatable bonds is 3. The van der Waals surface area contributed by atoms with E-state index in [9.17, 15) is 0 Å². The average molecular weight is 291 g/mol. The Bertz CT molecular complexity index is 569. The first-order chi connectivity index (χ1) is 9.78. The maximum Gasteiger partial charge on any atom is 0.255 e. The van der Waals surface area contributed by atoms with Crippen LogP contribution in [0.2, 0.25) is 0 Å². The number of fused-ring (bicyclic) bond motifs is 1. The molecule has 0 aromatic carbocycles. The van der Waals surface area contributed by atoms with Crippen LogP contribution < -0.4 is 0 Å². The summed E-state index contributed by atoms with van der Waals surface area (Å²) in [5, 5.41) is 5.98. The number of hydrogen-bond donors (Lipinski definition) is 0. The van der Waals surface area contributed by atoms with Gasteiger partial charge in [0.05, 0.1) is 6.10 Å². The summed E-state index contributed by atoms with van der Waals surface area (Å²) >= 11 is 1.82. The van der Waals surface area contributed by atoms with Gasteiger partial charge in [-0.15, -0.1) is 11.3 Å². The van der Waals surface area contributed by atoms with Crippen LogP contribution >= 0.6 is 11.3 Å². The molecule has 106 valence electrons. The van der Waals surface area contributed by atoms with E-state index in [1.54, 1.807) is 0 Å². The maximum absolute atomic E-state index is 6.10. The molecular weight excluding hydrogens is 274 g/mol. The van der Waals surface area contributed by atoms with Gasteiger partial charge in [0.25, 0.3) is 5.89 Å². The van der Waals surface area contributed by atoms with Crippen molar-refractivity contribution in [3.63, 3.8) is 0 Å². The van der Waals surface area contributed by atoms with E-state index in [4.69, 9.17) is 9.26 Å². The molecule has 0 amide bonds. The minimum absolute atomic E-state index is 0.00455. The lowest BCUT2D eigenvalue weighted by Crippen LogP contribution is -2.23. The fraction of sp³-hybridized carbons (Fsp3) is 0.571. The fourth-order valence-corrected chi connectivity index (χ4v) is 3.95. The second-order valence-corrected chi connectivity index (χ2v) is 6.64. The Hall–Kier alpha value is -1.24. The Morgan fingerprint density at radius 3 is 3.10 bits per heavy atom. The number of nitrogens with zero attached hydrogens (tertiary/aromatic N) is 3. The average Bonchev–Trinajstić information content (AvgIpc) is 3.12. The number of ether oxygens (including phenoxy) is 1. The Morgan fingerprint density at radius 2 is 2.40 bits per heavy atom. The molecule has 0 spiro atoms. The standard InChI is InChI=1S/C14H17N3O2S/c1-9-15-14(19-16-9)12-5-10-6-17(8-13(10)18-12)7-11-3-2-4-20-11/h2-4,10,12-13H,5-8H2,1H3/t10-,12-,13+/m0/s1. The summed E-state index contributed by atoms with van der Waals surface area (Å²) < 4.78 is 11.3. The lowest BCUT2D eigenvalue weighted by Gasteiger charge is -2.16. The van der Waals surface area contributed by atoms with Gasteiger partial charge in [-0.25, -0.2) is 0 Å². The molecule has 0 N–H and O–H groups in total. The van der Waals surface area contributed by atoms with Crippen molar-refractivity contribution in [2.45, 2.75) is 32.1 Å². The van der Waals surface area contributed by atoms with Crippen molar-refractivity contribution in [2.75, 3.05) is 13.1 Å². The van der Waals surface area contributed by atoms with E-state index in [0.717, 1.165) is 26.1 Å². The fourth-order valence-electron chi connectivity index (χ4n) is 3.20. The topological polar surface area (TPSA) is 51.4 Å². The molecular formula is C14H17N3O2S. The van der Waals surface area contributed by atoms with Crippen LogP contribution in [0.5, 0.6) is 0 Å². The first kappa shape index (κ1) is 12.5. The van der Waals surface area contributed by atoms with Crippen molar-refractivity contribution < 1.29 is 9.26 Å². The molecule has 0 radical (unpaired) electrons. The van der Waals surface area contributed by atoms with Crippen LogP contribution in [0.3, 0.4) is 0 Å².